The molecule has 0 spiro atoms. The van der Waals surface area contributed by atoms with E-state index in [1.54, 1.807) is 12.5 Å². The van der Waals surface area contributed by atoms with Crippen molar-refractivity contribution in [2.24, 2.45) is 0 Å². The fourth-order valence-electron chi connectivity index (χ4n) is 2.23. The van der Waals surface area contributed by atoms with E-state index in [4.69, 9.17) is 13.6 Å². The molecular weight excluding hydrogens is 258 g/mol. The third-order valence-corrected chi connectivity index (χ3v) is 4.89. The minimum atomic E-state index is 0.229. The summed E-state index contributed by atoms with van der Waals surface area (Å²) < 4.78 is 16.5. The molecular formula is C14H17NO3Si. The standard InChI is InChI=1S/C14H17NO3Si/c1-3-12(17-7-1)14(13-4-2-8-18-13)19-11-15-5-9-16-10-6-15/h1-4,7-8,14H,5-6,9-11H2. The minimum Gasteiger partial charge on any atom is -0.469 e. The smallest absolute Gasteiger partial charge is 0.111 e. The first kappa shape index (κ1) is 12.7. The van der Waals surface area contributed by atoms with E-state index in [-0.39, 0.29) is 5.54 Å². The maximum absolute atomic E-state index is 5.56. The highest BCUT2D eigenvalue weighted by molar-refractivity contribution is 6.39. The van der Waals surface area contributed by atoms with E-state index in [1.807, 2.05) is 24.3 Å². The summed E-state index contributed by atoms with van der Waals surface area (Å²) in [5.41, 5.74) is 0.229. The van der Waals surface area contributed by atoms with Gasteiger partial charge in [-0.15, -0.1) is 0 Å². The van der Waals surface area contributed by atoms with E-state index in [0.29, 0.717) is 0 Å². The number of hydrogen-bond acceptors (Lipinski definition) is 4. The summed E-state index contributed by atoms with van der Waals surface area (Å²) in [6.45, 7) is 3.74. The van der Waals surface area contributed by atoms with Crippen LogP contribution in [0.4, 0.5) is 0 Å². The molecule has 0 amide bonds. The Hall–Kier alpha value is -1.30. The Morgan fingerprint density at radius 3 is 2.21 bits per heavy atom. The molecule has 0 bridgehead atoms. The lowest BCUT2D eigenvalue weighted by atomic mass is 10.2. The highest BCUT2D eigenvalue weighted by Crippen LogP contribution is 2.24. The largest absolute Gasteiger partial charge is 0.469 e. The third-order valence-electron chi connectivity index (χ3n) is 3.28. The van der Waals surface area contributed by atoms with Gasteiger partial charge in [0.2, 0.25) is 0 Å². The van der Waals surface area contributed by atoms with Gasteiger partial charge >= 0.3 is 0 Å². The molecule has 0 N–H and O–H groups in total. The van der Waals surface area contributed by atoms with Crippen LogP contribution in [0.15, 0.2) is 45.6 Å². The molecule has 4 nitrogen and oxygen atoms in total. The fraction of sp³-hybridized carbons (Fsp3) is 0.429. The number of ether oxygens (including phenoxy) is 1. The fourth-order valence-corrected chi connectivity index (χ4v) is 3.72. The molecule has 1 fully saturated rings. The molecule has 2 radical (unpaired) electrons. The Bertz CT molecular complexity index is 429. The van der Waals surface area contributed by atoms with Crippen LogP contribution >= 0.6 is 0 Å². The normalized spacial score (nSPS) is 17.1. The van der Waals surface area contributed by atoms with Gasteiger partial charge in [0, 0.05) is 13.1 Å². The topological polar surface area (TPSA) is 38.8 Å². The van der Waals surface area contributed by atoms with E-state index in [1.165, 1.54) is 0 Å². The van der Waals surface area contributed by atoms with Gasteiger partial charge in [0.1, 0.15) is 11.5 Å². The van der Waals surface area contributed by atoms with Crippen molar-refractivity contribution in [1.82, 2.24) is 4.90 Å². The lowest BCUT2D eigenvalue weighted by Crippen LogP contribution is -2.39. The second-order valence-corrected chi connectivity index (χ2v) is 5.86. The van der Waals surface area contributed by atoms with Crippen LogP contribution < -0.4 is 0 Å². The summed E-state index contributed by atoms with van der Waals surface area (Å²) in [5, 5.41) is 0. The molecule has 0 atom stereocenters. The van der Waals surface area contributed by atoms with Gasteiger partial charge in [-0.05, 0) is 30.4 Å². The van der Waals surface area contributed by atoms with Gasteiger partial charge in [0.25, 0.3) is 0 Å². The van der Waals surface area contributed by atoms with Crippen molar-refractivity contribution in [3.63, 3.8) is 0 Å². The highest BCUT2D eigenvalue weighted by Gasteiger charge is 2.22. The summed E-state index contributed by atoms with van der Waals surface area (Å²) in [5.74, 6) is 1.98. The second-order valence-electron chi connectivity index (χ2n) is 4.56. The van der Waals surface area contributed by atoms with Crippen molar-refractivity contribution in [3.05, 3.63) is 48.3 Å². The summed E-state index contributed by atoms with van der Waals surface area (Å²) in [7, 11) is 0.726. The average Bonchev–Trinajstić information content (AvgIpc) is 3.13. The Morgan fingerprint density at radius 1 is 1.05 bits per heavy atom. The Kier molecular flexibility index (Phi) is 4.17. The van der Waals surface area contributed by atoms with Crippen molar-refractivity contribution in [2.75, 3.05) is 32.5 Å². The molecule has 3 heterocycles. The first-order valence-corrected chi connectivity index (χ1v) is 7.82. The maximum atomic E-state index is 5.56. The van der Waals surface area contributed by atoms with E-state index in [0.717, 1.165) is 53.5 Å². The van der Waals surface area contributed by atoms with E-state index >= 15 is 0 Å². The van der Waals surface area contributed by atoms with Crippen molar-refractivity contribution < 1.29 is 13.6 Å². The van der Waals surface area contributed by atoms with Gasteiger partial charge in [-0.1, -0.05) is 0 Å². The molecule has 2 aromatic heterocycles. The van der Waals surface area contributed by atoms with Crippen LogP contribution in [0.3, 0.4) is 0 Å². The zero-order chi connectivity index (χ0) is 12.9. The lowest BCUT2D eigenvalue weighted by Gasteiger charge is -2.27. The SMILES string of the molecule is c1coc(C([Si]CN2CCOCC2)c2ccco2)c1. The van der Waals surface area contributed by atoms with Crippen molar-refractivity contribution in [3.8, 4) is 0 Å². The van der Waals surface area contributed by atoms with Gasteiger partial charge < -0.3 is 18.5 Å². The van der Waals surface area contributed by atoms with Crippen LogP contribution in [-0.4, -0.2) is 46.9 Å². The monoisotopic (exact) mass is 275 g/mol. The molecule has 5 heteroatoms. The van der Waals surface area contributed by atoms with E-state index in [2.05, 4.69) is 4.90 Å². The van der Waals surface area contributed by atoms with Crippen molar-refractivity contribution in [2.45, 2.75) is 5.54 Å². The second kappa shape index (κ2) is 6.23. The van der Waals surface area contributed by atoms with Gasteiger partial charge in [-0.25, -0.2) is 0 Å². The number of hydrogen-bond donors (Lipinski definition) is 0. The summed E-state index contributed by atoms with van der Waals surface area (Å²) in [6, 6.07) is 7.92. The first-order chi connectivity index (χ1) is 9.43. The average molecular weight is 275 g/mol. The summed E-state index contributed by atoms with van der Waals surface area (Å²) >= 11 is 0. The Labute approximate surface area is 115 Å². The molecule has 0 saturated carbocycles. The molecule has 1 aliphatic rings. The number of furan rings is 2. The van der Waals surface area contributed by atoms with Crippen LogP contribution in [-0.2, 0) is 4.74 Å². The predicted molar refractivity (Wildman–Crippen MR) is 72.3 cm³/mol. The highest BCUT2D eigenvalue weighted by atomic mass is 28.2. The maximum Gasteiger partial charge on any atom is 0.111 e. The van der Waals surface area contributed by atoms with Crippen LogP contribution in [0.2, 0.25) is 0 Å². The molecule has 0 unspecified atom stereocenters. The minimum absolute atomic E-state index is 0.229. The summed E-state index contributed by atoms with van der Waals surface area (Å²) in [4.78, 5) is 2.45. The van der Waals surface area contributed by atoms with Crippen LogP contribution in [0.1, 0.15) is 17.1 Å². The molecule has 0 aromatic carbocycles. The number of rotatable bonds is 5. The zero-order valence-electron chi connectivity index (χ0n) is 10.7. The van der Waals surface area contributed by atoms with Gasteiger partial charge in [0.15, 0.2) is 0 Å². The van der Waals surface area contributed by atoms with Crippen LogP contribution in [0.25, 0.3) is 0 Å². The number of nitrogens with zero attached hydrogens (tertiary/aromatic N) is 1. The van der Waals surface area contributed by atoms with E-state index < -0.39 is 0 Å². The van der Waals surface area contributed by atoms with Crippen molar-refractivity contribution >= 4 is 9.52 Å². The summed E-state index contributed by atoms with van der Waals surface area (Å²) in [6.07, 6.45) is 4.52. The lowest BCUT2D eigenvalue weighted by molar-refractivity contribution is 0.0461. The van der Waals surface area contributed by atoms with Gasteiger partial charge in [-0.2, -0.15) is 0 Å². The molecule has 0 aliphatic carbocycles. The Morgan fingerprint density at radius 2 is 1.68 bits per heavy atom. The van der Waals surface area contributed by atoms with Crippen LogP contribution in [0, 0.1) is 0 Å². The van der Waals surface area contributed by atoms with E-state index in [9.17, 15) is 0 Å². The zero-order valence-corrected chi connectivity index (χ0v) is 11.7. The quantitative estimate of drug-likeness (QED) is 0.782. The van der Waals surface area contributed by atoms with Gasteiger partial charge in [-0.3, -0.25) is 0 Å². The molecule has 1 aliphatic heterocycles. The Balaban J connectivity index is 1.66. The van der Waals surface area contributed by atoms with Gasteiger partial charge in [0.05, 0.1) is 40.8 Å². The molecule has 19 heavy (non-hydrogen) atoms. The first-order valence-electron chi connectivity index (χ1n) is 6.54. The van der Waals surface area contributed by atoms with Crippen LogP contribution in [0.5, 0.6) is 0 Å². The molecule has 1 saturated heterocycles. The predicted octanol–water partition coefficient (Wildman–Crippen LogP) is 1.96. The van der Waals surface area contributed by atoms with Crippen molar-refractivity contribution in [1.29, 1.82) is 0 Å². The molecule has 100 valence electrons. The molecule has 2 aromatic rings. The number of morpholine rings is 1. The molecule has 3 rings (SSSR count). The third kappa shape index (κ3) is 3.18.